The molecule has 3 heteroatoms. The number of rotatable bonds is 0. The molecule has 0 bridgehead atoms. The highest BCUT2D eigenvalue weighted by molar-refractivity contribution is 5.73. The summed E-state index contributed by atoms with van der Waals surface area (Å²) in [4.78, 5) is 2.28. The first kappa shape index (κ1) is 8.89. The average molecular weight is 205 g/mol. The molecule has 1 fully saturated rings. The fourth-order valence-electron chi connectivity index (χ4n) is 2.60. The van der Waals surface area contributed by atoms with Gasteiger partial charge in [0.15, 0.2) is 6.23 Å². The lowest BCUT2D eigenvalue weighted by Gasteiger charge is -2.17. The molecule has 80 valence electrons. The first-order valence-electron chi connectivity index (χ1n) is 5.45. The van der Waals surface area contributed by atoms with Crippen molar-refractivity contribution in [3.63, 3.8) is 0 Å². The van der Waals surface area contributed by atoms with E-state index in [2.05, 4.69) is 4.90 Å². The minimum Gasteiger partial charge on any atom is -0.508 e. The number of benzene rings is 1. The van der Waals surface area contributed by atoms with E-state index in [-0.39, 0.29) is 6.23 Å². The average Bonchev–Trinajstić information content (AvgIpc) is 2.72. The van der Waals surface area contributed by atoms with E-state index in [4.69, 9.17) is 4.74 Å². The summed E-state index contributed by atoms with van der Waals surface area (Å²) in [5, 5.41) is 9.80. The molecule has 1 saturated heterocycles. The van der Waals surface area contributed by atoms with Gasteiger partial charge in [-0.05, 0) is 31.9 Å². The molecule has 1 N–H and O–H groups in total. The van der Waals surface area contributed by atoms with Gasteiger partial charge in [-0.3, -0.25) is 0 Å². The van der Waals surface area contributed by atoms with E-state index in [1.54, 1.807) is 6.07 Å². The molecule has 0 spiro atoms. The van der Waals surface area contributed by atoms with Crippen LogP contribution in [0.2, 0.25) is 0 Å². The van der Waals surface area contributed by atoms with Gasteiger partial charge in [-0.25, -0.2) is 0 Å². The Bertz CT molecular complexity index is 428. The number of anilines is 1. The van der Waals surface area contributed by atoms with Crippen molar-refractivity contribution in [3.8, 4) is 11.5 Å². The van der Waals surface area contributed by atoms with Gasteiger partial charge in [0.2, 0.25) is 0 Å². The summed E-state index contributed by atoms with van der Waals surface area (Å²) in [6, 6.07) is 1.79. The Morgan fingerprint density at radius 1 is 1.47 bits per heavy atom. The first-order valence-corrected chi connectivity index (χ1v) is 5.45. The number of aromatic hydroxyl groups is 1. The third-order valence-electron chi connectivity index (χ3n) is 3.40. The zero-order chi connectivity index (χ0) is 10.6. The third kappa shape index (κ3) is 1.06. The molecule has 0 saturated carbocycles. The zero-order valence-electron chi connectivity index (χ0n) is 9.08. The summed E-state index contributed by atoms with van der Waals surface area (Å²) >= 11 is 0. The van der Waals surface area contributed by atoms with Gasteiger partial charge in [0.25, 0.3) is 0 Å². The highest BCUT2D eigenvalue weighted by Crippen LogP contribution is 2.48. The van der Waals surface area contributed by atoms with Crippen LogP contribution in [0.25, 0.3) is 0 Å². The summed E-state index contributed by atoms with van der Waals surface area (Å²) in [5.74, 6) is 1.34. The van der Waals surface area contributed by atoms with Gasteiger partial charge in [-0.2, -0.15) is 0 Å². The lowest BCUT2D eigenvalue weighted by atomic mass is 10.1. The van der Waals surface area contributed by atoms with Crippen LogP contribution in [0.4, 0.5) is 5.69 Å². The Morgan fingerprint density at radius 3 is 3.07 bits per heavy atom. The molecule has 15 heavy (non-hydrogen) atoms. The molecular weight excluding hydrogens is 190 g/mol. The number of ether oxygens (including phenoxy) is 1. The molecule has 0 radical (unpaired) electrons. The molecule has 0 amide bonds. The summed E-state index contributed by atoms with van der Waals surface area (Å²) in [5.41, 5.74) is 3.08. The van der Waals surface area contributed by atoms with Gasteiger partial charge in [0, 0.05) is 18.5 Å². The minimum absolute atomic E-state index is 0.208. The van der Waals surface area contributed by atoms with Gasteiger partial charge in [-0.1, -0.05) is 0 Å². The third-order valence-corrected chi connectivity index (χ3v) is 3.40. The summed E-state index contributed by atoms with van der Waals surface area (Å²) in [6.07, 6.45) is 2.48. The van der Waals surface area contributed by atoms with Gasteiger partial charge >= 0.3 is 0 Å². The van der Waals surface area contributed by atoms with E-state index in [0.717, 1.165) is 35.5 Å². The standard InChI is InChI=1S/C12H15NO2/c1-7-6-9(14)8(2)11-12(7)15-10-4-3-5-13(10)11/h6,10,14H,3-5H2,1-2H3. The van der Waals surface area contributed by atoms with Crippen molar-refractivity contribution in [2.75, 3.05) is 11.4 Å². The Morgan fingerprint density at radius 2 is 2.27 bits per heavy atom. The second kappa shape index (κ2) is 2.81. The number of aryl methyl sites for hydroxylation is 1. The summed E-state index contributed by atoms with van der Waals surface area (Å²) in [6.45, 7) is 4.99. The Kier molecular flexibility index (Phi) is 1.67. The van der Waals surface area contributed by atoms with Crippen molar-refractivity contribution in [2.45, 2.75) is 32.9 Å². The number of hydrogen-bond donors (Lipinski definition) is 1. The predicted molar refractivity (Wildman–Crippen MR) is 58.6 cm³/mol. The monoisotopic (exact) mass is 205 g/mol. The van der Waals surface area contributed by atoms with Crippen LogP contribution in [0.5, 0.6) is 11.5 Å². The minimum atomic E-state index is 0.208. The molecule has 3 rings (SSSR count). The van der Waals surface area contributed by atoms with Gasteiger partial charge in [0.1, 0.15) is 11.5 Å². The van der Waals surface area contributed by atoms with Crippen LogP contribution in [0.1, 0.15) is 24.0 Å². The molecule has 1 aromatic rings. The van der Waals surface area contributed by atoms with E-state index in [1.807, 2.05) is 13.8 Å². The lowest BCUT2D eigenvalue weighted by molar-refractivity contribution is 0.238. The number of phenolic OH excluding ortho intramolecular Hbond substituents is 1. The normalized spacial score (nSPS) is 22.5. The van der Waals surface area contributed by atoms with E-state index < -0.39 is 0 Å². The number of fused-ring (bicyclic) bond motifs is 3. The first-order chi connectivity index (χ1) is 7.18. The topological polar surface area (TPSA) is 32.7 Å². The smallest absolute Gasteiger partial charge is 0.172 e. The largest absolute Gasteiger partial charge is 0.508 e. The fraction of sp³-hybridized carbons (Fsp3) is 0.500. The van der Waals surface area contributed by atoms with Crippen LogP contribution in [0, 0.1) is 13.8 Å². The van der Waals surface area contributed by atoms with Crippen LogP contribution in [-0.2, 0) is 0 Å². The Balaban J connectivity index is 2.21. The summed E-state index contributed by atoms with van der Waals surface area (Å²) in [7, 11) is 0. The van der Waals surface area contributed by atoms with Gasteiger partial charge in [-0.15, -0.1) is 0 Å². The Hall–Kier alpha value is -1.38. The van der Waals surface area contributed by atoms with Crippen molar-refractivity contribution in [1.82, 2.24) is 0 Å². The maximum atomic E-state index is 9.80. The SMILES string of the molecule is Cc1cc(O)c(C)c2c1OC1CCCN21. The van der Waals surface area contributed by atoms with Crippen molar-refractivity contribution in [1.29, 1.82) is 0 Å². The molecule has 0 aromatic heterocycles. The molecule has 2 aliphatic heterocycles. The van der Waals surface area contributed by atoms with Crippen molar-refractivity contribution >= 4 is 5.69 Å². The quantitative estimate of drug-likeness (QED) is 0.705. The van der Waals surface area contributed by atoms with Crippen molar-refractivity contribution < 1.29 is 9.84 Å². The van der Waals surface area contributed by atoms with Crippen LogP contribution >= 0.6 is 0 Å². The van der Waals surface area contributed by atoms with Gasteiger partial charge < -0.3 is 14.7 Å². The van der Waals surface area contributed by atoms with E-state index >= 15 is 0 Å². The van der Waals surface area contributed by atoms with E-state index in [9.17, 15) is 5.11 Å². The maximum absolute atomic E-state index is 9.80. The van der Waals surface area contributed by atoms with Crippen molar-refractivity contribution in [3.05, 3.63) is 17.2 Å². The number of phenols is 1. The second-order valence-electron chi connectivity index (χ2n) is 4.42. The fourth-order valence-corrected chi connectivity index (χ4v) is 2.60. The molecule has 3 nitrogen and oxygen atoms in total. The molecule has 2 aliphatic rings. The van der Waals surface area contributed by atoms with Crippen LogP contribution in [-0.4, -0.2) is 17.9 Å². The second-order valence-corrected chi connectivity index (χ2v) is 4.42. The van der Waals surface area contributed by atoms with Crippen LogP contribution in [0.15, 0.2) is 6.07 Å². The van der Waals surface area contributed by atoms with Crippen molar-refractivity contribution in [2.24, 2.45) is 0 Å². The Labute approximate surface area is 89.3 Å². The predicted octanol–water partition coefficient (Wildman–Crippen LogP) is 2.33. The van der Waals surface area contributed by atoms with Crippen LogP contribution < -0.4 is 9.64 Å². The van der Waals surface area contributed by atoms with E-state index in [1.165, 1.54) is 6.42 Å². The number of hydrogen-bond acceptors (Lipinski definition) is 3. The highest BCUT2D eigenvalue weighted by Gasteiger charge is 2.37. The molecule has 2 heterocycles. The molecule has 1 aromatic carbocycles. The zero-order valence-corrected chi connectivity index (χ0v) is 9.08. The maximum Gasteiger partial charge on any atom is 0.172 e. The molecular formula is C12H15NO2. The summed E-state index contributed by atoms with van der Waals surface area (Å²) < 4.78 is 5.91. The number of nitrogens with zero attached hydrogens (tertiary/aromatic N) is 1. The highest BCUT2D eigenvalue weighted by atomic mass is 16.5. The van der Waals surface area contributed by atoms with Crippen LogP contribution in [0.3, 0.4) is 0 Å². The molecule has 1 atom stereocenters. The molecule has 0 aliphatic carbocycles. The molecule has 1 unspecified atom stereocenters. The lowest BCUT2D eigenvalue weighted by Crippen LogP contribution is -2.27. The van der Waals surface area contributed by atoms with Gasteiger partial charge in [0.05, 0.1) is 5.69 Å². The van der Waals surface area contributed by atoms with E-state index in [0.29, 0.717) is 5.75 Å².